The Bertz CT molecular complexity index is 1340. The summed E-state index contributed by atoms with van der Waals surface area (Å²) in [6.45, 7) is 3.81. The standard InChI is InChI=1S/C70H133NO8/c1-3-5-7-9-11-13-15-17-19-21-23-25-27-28-29-30-31-32-33-34-35-36-38-40-42-44-46-48-50-52-54-56-58-60-66(74)71-63(62-78-70-69(77)68(76)67(75)65(61-72)79-70)64(73)59-57-55-53-51-49-47-45-43-41-39-37-26-24-22-20-18-16-14-12-10-8-6-4-2/h41,43,49,51,57,59,63-65,67-70,72-73,75-77H,3-40,42,44-48,50,52-56,58,60-62H2,1-2H3,(H,71,74)/b43-41+,51-49+,59-57+. The van der Waals surface area contributed by atoms with E-state index >= 15 is 0 Å². The molecular weight excluding hydrogens is 983 g/mol. The minimum atomic E-state index is -1.57. The summed E-state index contributed by atoms with van der Waals surface area (Å²) in [4.78, 5) is 13.1. The highest BCUT2D eigenvalue weighted by Gasteiger charge is 2.44. The van der Waals surface area contributed by atoms with Crippen LogP contribution in [0.15, 0.2) is 36.5 Å². The molecule has 0 saturated carbocycles. The zero-order valence-electron chi connectivity index (χ0n) is 52.2. The van der Waals surface area contributed by atoms with Crippen molar-refractivity contribution in [3.63, 3.8) is 0 Å². The molecule has 7 unspecified atom stereocenters. The third-order valence-electron chi connectivity index (χ3n) is 16.7. The van der Waals surface area contributed by atoms with Gasteiger partial charge in [0.05, 0.1) is 25.4 Å². The van der Waals surface area contributed by atoms with Gasteiger partial charge in [-0.3, -0.25) is 4.79 Å². The van der Waals surface area contributed by atoms with E-state index in [0.29, 0.717) is 6.42 Å². The van der Waals surface area contributed by atoms with Gasteiger partial charge in [0.25, 0.3) is 0 Å². The summed E-state index contributed by atoms with van der Waals surface area (Å²) in [7, 11) is 0. The van der Waals surface area contributed by atoms with Gasteiger partial charge in [0.2, 0.25) is 5.91 Å². The minimum absolute atomic E-state index is 0.183. The van der Waals surface area contributed by atoms with Crippen LogP contribution in [0.5, 0.6) is 0 Å². The van der Waals surface area contributed by atoms with Crippen LogP contribution in [0.2, 0.25) is 0 Å². The van der Waals surface area contributed by atoms with E-state index in [2.05, 4.69) is 43.5 Å². The largest absolute Gasteiger partial charge is 0.394 e. The lowest BCUT2D eigenvalue weighted by molar-refractivity contribution is -0.302. The molecule has 0 aliphatic carbocycles. The number of hydrogen-bond acceptors (Lipinski definition) is 8. The molecule has 9 nitrogen and oxygen atoms in total. The molecular formula is C70H133NO8. The second-order valence-corrected chi connectivity index (χ2v) is 24.3. The highest BCUT2D eigenvalue weighted by molar-refractivity contribution is 5.76. The Morgan fingerprint density at radius 1 is 0.418 bits per heavy atom. The number of carbonyl (C=O) groups excluding carboxylic acids is 1. The molecule has 0 aromatic heterocycles. The van der Waals surface area contributed by atoms with E-state index in [1.54, 1.807) is 6.08 Å². The van der Waals surface area contributed by atoms with E-state index < -0.39 is 49.5 Å². The third-order valence-corrected chi connectivity index (χ3v) is 16.7. The first-order chi connectivity index (χ1) is 38.8. The predicted molar refractivity (Wildman–Crippen MR) is 337 cm³/mol. The van der Waals surface area contributed by atoms with Crippen molar-refractivity contribution < 1.29 is 39.8 Å². The Morgan fingerprint density at radius 3 is 1.06 bits per heavy atom. The van der Waals surface area contributed by atoms with Gasteiger partial charge in [0.1, 0.15) is 24.4 Å². The molecule has 1 aliphatic rings. The van der Waals surface area contributed by atoms with Crippen LogP contribution in [0.1, 0.15) is 348 Å². The second kappa shape index (κ2) is 59.6. The highest BCUT2D eigenvalue weighted by atomic mass is 16.7. The van der Waals surface area contributed by atoms with Crippen LogP contribution in [0.3, 0.4) is 0 Å². The molecule has 7 atom stereocenters. The first-order valence-electron chi connectivity index (χ1n) is 34.7. The molecule has 466 valence electrons. The maximum Gasteiger partial charge on any atom is 0.220 e. The lowest BCUT2D eigenvalue weighted by Gasteiger charge is -2.40. The SMILES string of the molecule is CCCCCCCCCCCCCCC/C=C/CC/C=C/CC/C=C/C(O)C(COC1OC(CO)C(O)C(O)C1O)NC(=O)CCCCCCCCCCCCCCCCCCCCCCCCCCCCCCCCCCC. The van der Waals surface area contributed by atoms with E-state index in [1.807, 2.05) is 6.08 Å². The van der Waals surface area contributed by atoms with Gasteiger partial charge < -0.3 is 40.3 Å². The maximum absolute atomic E-state index is 13.1. The number of carbonyl (C=O) groups is 1. The quantitative estimate of drug-likeness (QED) is 0.0261. The van der Waals surface area contributed by atoms with Gasteiger partial charge in [0, 0.05) is 6.42 Å². The van der Waals surface area contributed by atoms with Gasteiger partial charge in [-0.25, -0.2) is 0 Å². The van der Waals surface area contributed by atoms with Gasteiger partial charge >= 0.3 is 0 Å². The summed E-state index contributed by atoms with van der Waals surface area (Å²) in [6, 6.07) is -0.827. The number of hydrogen-bond donors (Lipinski definition) is 6. The number of nitrogens with one attached hydrogen (secondary N) is 1. The van der Waals surface area contributed by atoms with Crippen molar-refractivity contribution in [2.24, 2.45) is 0 Å². The van der Waals surface area contributed by atoms with Crippen LogP contribution in [0.25, 0.3) is 0 Å². The molecule has 1 aliphatic heterocycles. The number of rotatable bonds is 61. The number of aliphatic hydroxyl groups is 5. The Balaban J connectivity index is 2.13. The zero-order chi connectivity index (χ0) is 57.2. The molecule has 0 bridgehead atoms. The molecule has 0 radical (unpaired) electrons. The summed E-state index contributed by atoms with van der Waals surface area (Å²) in [5, 5.41) is 54.7. The average Bonchev–Trinajstić information content (AvgIpc) is 3.47. The molecule has 79 heavy (non-hydrogen) atoms. The fraction of sp³-hybridized carbons (Fsp3) is 0.900. The van der Waals surface area contributed by atoms with Crippen molar-refractivity contribution in [1.29, 1.82) is 0 Å². The van der Waals surface area contributed by atoms with Crippen molar-refractivity contribution in [1.82, 2.24) is 5.32 Å². The summed E-state index contributed by atoms with van der Waals surface area (Å²) in [5.41, 5.74) is 0. The fourth-order valence-electron chi connectivity index (χ4n) is 11.3. The highest BCUT2D eigenvalue weighted by Crippen LogP contribution is 2.23. The van der Waals surface area contributed by atoms with Crippen molar-refractivity contribution in [2.45, 2.75) is 391 Å². The summed E-state index contributed by atoms with van der Waals surface area (Å²) >= 11 is 0. The Kier molecular flexibility index (Phi) is 56.9. The molecule has 1 saturated heterocycles. The number of amides is 1. The number of unbranched alkanes of at least 4 members (excludes halogenated alkanes) is 47. The molecule has 0 aromatic rings. The van der Waals surface area contributed by atoms with Crippen molar-refractivity contribution in [2.75, 3.05) is 13.2 Å². The van der Waals surface area contributed by atoms with Crippen molar-refractivity contribution >= 4 is 5.91 Å². The monoisotopic (exact) mass is 1120 g/mol. The first-order valence-corrected chi connectivity index (χ1v) is 34.7. The Hall–Kier alpha value is -1.59. The average molecular weight is 1120 g/mol. The van der Waals surface area contributed by atoms with Crippen LogP contribution < -0.4 is 5.32 Å². The van der Waals surface area contributed by atoms with Gasteiger partial charge in [0.15, 0.2) is 6.29 Å². The molecule has 0 spiro atoms. The molecule has 1 amide bonds. The van der Waals surface area contributed by atoms with E-state index in [-0.39, 0.29) is 12.5 Å². The van der Waals surface area contributed by atoms with Crippen LogP contribution in [0.4, 0.5) is 0 Å². The van der Waals surface area contributed by atoms with Crippen LogP contribution in [0, 0.1) is 0 Å². The van der Waals surface area contributed by atoms with E-state index in [0.717, 1.165) is 44.9 Å². The molecule has 6 N–H and O–H groups in total. The minimum Gasteiger partial charge on any atom is -0.394 e. The summed E-state index contributed by atoms with van der Waals surface area (Å²) < 4.78 is 11.3. The fourth-order valence-corrected chi connectivity index (χ4v) is 11.3. The van der Waals surface area contributed by atoms with Crippen LogP contribution in [-0.2, 0) is 14.3 Å². The second-order valence-electron chi connectivity index (χ2n) is 24.3. The summed E-state index contributed by atoms with van der Waals surface area (Å²) in [6.07, 6.45) is 72.6. The molecule has 0 aromatic carbocycles. The molecule has 1 fully saturated rings. The molecule has 1 heterocycles. The van der Waals surface area contributed by atoms with Crippen molar-refractivity contribution in [3.8, 4) is 0 Å². The van der Waals surface area contributed by atoms with Crippen LogP contribution in [-0.4, -0.2) is 87.5 Å². The number of aliphatic hydroxyl groups excluding tert-OH is 5. The molecule has 1 rings (SSSR count). The Labute approximate surface area is 489 Å². The number of ether oxygens (including phenoxy) is 2. The van der Waals surface area contributed by atoms with E-state index in [9.17, 15) is 30.3 Å². The van der Waals surface area contributed by atoms with E-state index in [4.69, 9.17) is 9.47 Å². The Morgan fingerprint density at radius 2 is 0.722 bits per heavy atom. The topological polar surface area (TPSA) is 149 Å². The lowest BCUT2D eigenvalue weighted by atomic mass is 9.99. The lowest BCUT2D eigenvalue weighted by Crippen LogP contribution is -2.60. The predicted octanol–water partition coefficient (Wildman–Crippen LogP) is 18.6. The normalized spacial score (nSPS) is 18.7. The van der Waals surface area contributed by atoms with Gasteiger partial charge in [-0.2, -0.15) is 0 Å². The van der Waals surface area contributed by atoms with Crippen molar-refractivity contribution in [3.05, 3.63) is 36.5 Å². The summed E-state index contributed by atoms with van der Waals surface area (Å²) in [5.74, 6) is -0.183. The van der Waals surface area contributed by atoms with Gasteiger partial charge in [-0.1, -0.05) is 333 Å². The smallest absolute Gasteiger partial charge is 0.220 e. The number of allylic oxidation sites excluding steroid dienone is 5. The molecule has 9 heteroatoms. The third kappa shape index (κ3) is 48.5. The van der Waals surface area contributed by atoms with Gasteiger partial charge in [-0.05, 0) is 44.9 Å². The van der Waals surface area contributed by atoms with Crippen LogP contribution >= 0.6 is 0 Å². The zero-order valence-corrected chi connectivity index (χ0v) is 52.2. The maximum atomic E-state index is 13.1. The van der Waals surface area contributed by atoms with E-state index in [1.165, 1.54) is 283 Å². The first kappa shape index (κ1) is 75.4. The van der Waals surface area contributed by atoms with Gasteiger partial charge in [-0.15, -0.1) is 0 Å².